The van der Waals surface area contributed by atoms with E-state index in [0.29, 0.717) is 19.3 Å². The second-order valence-corrected chi connectivity index (χ2v) is 16.7. The molecule has 0 spiro atoms. The Morgan fingerprint density at radius 2 is 0.677 bits per heavy atom. The van der Waals surface area contributed by atoms with Gasteiger partial charge in [0.1, 0.15) is 13.2 Å². The van der Waals surface area contributed by atoms with Crippen molar-refractivity contribution in [3.05, 3.63) is 122 Å². The van der Waals surface area contributed by atoms with Crippen LogP contribution in [0.5, 0.6) is 0 Å². The van der Waals surface area contributed by atoms with Crippen molar-refractivity contribution in [2.75, 3.05) is 13.2 Å². The highest BCUT2D eigenvalue weighted by Crippen LogP contribution is 2.11. The SMILES string of the molecule is CC\C=C/C=C\C=C/CCCCCCCC(=O)OCC(COC(=O)CCC/C=C\C/C=C\C/C=C\C/C=C\CCCCC)OC(=O)CCC/C=C\C/C=C\C/C=C\CCCCCCCC. The molecule has 0 saturated carbocycles. The van der Waals surface area contributed by atoms with E-state index in [2.05, 4.69) is 136 Å². The van der Waals surface area contributed by atoms with Crippen LogP contribution in [0, 0.1) is 0 Å². The zero-order valence-corrected chi connectivity index (χ0v) is 41.7. The summed E-state index contributed by atoms with van der Waals surface area (Å²) < 4.78 is 16.7. The van der Waals surface area contributed by atoms with Gasteiger partial charge < -0.3 is 14.2 Å². The van der Waals surface area contributed by atoms with Crippen molar-refractivity contribution in [2.24, 2.45) is 0 Å². The van der Waals surface area contributed by atoms with Gasteiger partial charge in [0.25, 0.3) is 0 Å². The van der Waals surface area contributed by atoms with E-state index in [1.54, 1.807) is 0 Å². The third-order valence-corrected chi connectivity index (χ3v) is 10.5. The van der Waals surface area contributed by atoms with Crippen molar-refractivity contribution in [1.82, 2.24) is 0 Å². The summed E-state index contributed by atoms with van der Waals surface area (Å²) in [5.41, 5.74) is 0. The van der Waals surface area contributed by atoms with Crippen LogP contribution in [0.3, 0.4) is 0 Å². The molecule has 0 N–H and O–H groups in total. The number of hydrogen-bond acceptors (Lipinski definition) is 6. The third-order valence-electron chi connectivity index (χ3n) is 10.5. The van der Waals surface area contributed by atoms with Gasteiger partial charge in [-0.15, -0.1) is 0 Å². The van der Waals surface area contributed by atoms with Crippen molar-refractivity contribution in [1.29, 1.82) is 0 Å². The van der Waals surface area contributed by atoms with Crippen molar-refractivity contribution in [3.8, 4) is 0 Å². The zero-order valence-electron chi connectivity index (χ0n) is 41.7. The molecule has 0 aromatic carbocycles. The molecule has 0 fully saturated rings. The second-order valence-electron chi connectivity index (χ2n) is 16.7. The third kappa shape index (κ3) is 50.7. The molecule has 0 amide bonds. The fourth-order valence-corrected chi connectivity index (χ4v) is 6.57. The normalized spacial score (nSPS) is 13.1. The van der Waals surface area contributed by atoms with Crippen LogP contribution in [0.1, 0.15) is 213 Å². The molecule has 65 heavy (non-hydrogen) atoms. The Hall–Kier alpha value is -4.19. The quantitative estimate of drug-likeness (QED) is 0.0199. The first-order valence-corrected chi connectivity index (χ1v) is 26.1. The molecule has 0 aromatic heterocycles. The maximum absolute atomic E-state index is 12.8. The largest absolute Gasteiger partial charge is 0.462 e. The van der Waals surface area contributed by atoms with Gasteiger partial charge in [-0.2, -0.15) is 0 Å². The van der Waals surface area contributed by atoms with Crippen LogP contribution in [0.15, 0.2) is 122 Å². The average Bonchev–Trinajstić information content (AvgIpc) is 3.30. The highest BCUT2D eigenvalue weighted by Gasteiger charge is 2.19. The first-order valence-electron chi connectivity index (χ1n) is 26.1. The molecule has 0 saturated heterocycles. The molecular weight excluding hydrogens is 805 g/mol. The van der Waals surface area contributed by atoms with Gasteiger partial charge in [-0.05, 0) is 109 Å². The highest BCUT2D eigenvalue weighted by atomic mass is 16.6. The number of allylic oxidation sites excluding steroid dienone is 20. The Labute approximate surface area is 399 Å². The Kier molecular flexibility index (Phi) is 49.1. The second kappa shape index (κ2) is 52.4. The molecule has 6 heteroatoms. The summed E-state index contributed by atoms with van der Waals surface area (Å²) in [7, 11) is 0. The van der Waals surface area contributed by atoms with Gasteiger partial charge >= 0.3 is 17.9 Å². The lowest BCUT2D eigenvalue weighted by molar-refractivity contribution is -0.167. The van der Waals surface area contributed by atoms with Crippen LogP contribution >= 0.6 is 0 Å². The van der Waals surface area contributed by atoms with Gasteiger partial charge in [0.05, 0.1) is 0 Å². The summed E-state index contributed by atoms with van der Waals surface area (Å²) in [6, 6.07) is 0. The highest BCUT2D eigenvalue weighted by molar-refractivity contribution is 5.71. The average molecular weight is 899 g/mol. The predicted octanol–water partition coefficient (Wildman–Crippen LogP) is 17.3. The number of esters is 3. The van der Waals surface area contributed by atoms with E-state index in [4.69, 9.17) is 14.2 Å². The van der Waals surface area contributed by atoms with Crippen LogP contribution in [0.25, 0.3) is 0 Å². The van der Waals surface area contributed by atoms with Crippen molar-refractivity contribution in [2.45, 2.75) is 219 Å². The van der Waals surface area contributed by atoms with E-state index in [9.17, 15) is 14.4 Å². The molecule has 0 heterocycles. The minimum Gasteiger partial charge on any atom is -0.462 e. The fourth-order valence-electron chi connectivity index (χ4n) is 6.57. The van der Waals surface area contributed by atoms with E-state index in [1.807, 2.05) is 6.08 Å². The smallest absolute Gasteiger partial charge is 0.306 e. The lowest BCUT2D eigenvalue weighted by atomic mass is 10.1. The van der Waals surface area contributed by atoms with E-state index in [1.165, 1.54) is 70.6 Å². The molecule has 1 atom stereocenters. The number of ether oxygens (including phenoxy) is 3. The number of carbonyl (C=O) groups is 3. The lowest BCUT2D eigenvalue weighted by Gasteiger charge is -2.18. The molecule has 0 radical (unpaired) electrons. The molecule has 0 bridgehead atoms. The van der Waals surface area contributed by atoms with Crippen LogP contribution in [0.2, 0.25) is 0 Å². The Bertz CT molecular complexity index is 1400. The standard InChI is InChI=1S/C59H94O6/c1-4-7-10-13-16-19-22-25-27-29-31-34-37-40-43-46-49-52-58(61)64-55-56(54-63-57(60)51-48-45-42-39-36-33-24-21-18-15-12-9-6-3)65-59(62)53-50-47-44-41-38-35-32-30-28-26-23-20-17-14-11-8-5-2/h9,12,15-16,18-19,21,24-28,31-32,34-35,40-41,43-44,56H,4-8,10-11,13-14,17,20,22-23,29-30,33,36-39,42,45-55H2,1-3H3/b12-9-,18-15-,19-16-,24-21-,27-25-,28-26-,34-31-,35-32-,43-40-,44-41-. The van der Waals surface area contributed by atoms with Crippen molar-refractivity contribution in [3.63, 3.8) is 0 Å². The minimum atomic E-state index is -0.838. The van der Waals surface area contributed by atoms with Crippen LogP contribution in [-0.2, 0) is 28.6 Å². The maximum Gasteiger partial charge on any atom is 0.306 e. The number of carbonyl (C=O) groups excluding carboxylic acids is 3. The van der Waals surface area contributed by atoms with Crippen LogP contribution in [0.4, 0.5) is 0 Å². The summed E-state index contributed by atoms with van der Waals surface area (Å²) in [6.07, 6.45) is 71.9. The fraction of sp³-hybridized carbons (Fsp3) is 0.610. The Morgan fingerprint density at radius 1 is 0.338 bits per heavy atom. The molecule has 0 aromatic rings. The Morgan fingerprint density at radius 3 is 1.15 bits per heavy atom. The van der Waals surface area contributed by atoms with Gasteiger partial charge in [0, 0.05) is 19.3 Å². The molecule has 0 aliphatic heterocycles. The number of unbranched alkanes of at least 4 members (excludes halogenated alkanes) is 16. The molecule has 0 rings (SSSR count). The number of hydrogen-bond donors (Lipinski definition) is 0. The van der Waals surface area contributed by atoms with Gasteiger partial charge in [0.15, 0.2) is 6.10 Å². The van der Waals surface area contributed by atoms with Gasteiger partial charge in [-0.1, -0.05) is 206 Å². The van der Waals surface area contributed by atoms with Gasteiger partial charge in [-0.3, -0.25) is 14.4 Å². The zero-order chi connectivity index (χ0) is 47.2. The summed E-state index contributed by atoms with van der Waals surface area (Å²) >= 11 is 0. The molecule has 1 unspecified atom stereocenters. The van der Waals surface area contributed by atoms with E-state index >= 15 is 0 Å². The molecule has 366 valence electrons. The van der Waals surface area contributed by atoms with Crippen LogP contribution < -0.4 is 0 Å². The molecule has 0 aliphatic carbocycles. The Balaban J connectivity index is 4.60. The first-order chi connectivity index (χ1) is 32.0. The van der Waals surface area contributed by atoms with Gasteiger partial charge in [-0.25, -0.2) is 0 Å². The number of rotatable bonds is 45. The van der Waals surface area contributed by atoms with E-state index < -0.39 is 6.10 Å². The maximum atomic E-state index is 12.8. The summed E-state index contributed by atoms with van der Waals surface area (Å²) in [5.74, 6) is -1.07. The predicted molar refractivity (Wildman–Crippen MR) is 279 cm³/mol. The monoisotopic (exact) mass is 899 g/mol. The molecular formula is C59H94O6. The molecule has 6 nitrogen and oxygen atoms in total. The van der Waals surface area contributed by atoms with Crippen LogP contribution in [-0.4, -0.2) is 37.2 Å². The van der Waals surface area contributed by atoms with E-state index in [0.717, 1.165) is 89.9 Å². The summed E-state index contributed by atoms with van der Waals surface area (Å²) in [4.78, 5) is 38.0. The molecule has 0 aliphatic rings. The first kappa shape index (κ1) is 60.8. The van der Waals surface area contributed by atoms with E-state index in [-0.39, 0.29) is 44.0 Å². The topological polar surface area (TPSA) is 78.9 Å². The van der Waals surface area contributed by atoms with Crippen molar-refractivity contribution < 1.29 is 28.6 Å². The minimum absolute atomic E-state index is 0.129. The van der Waals surface area contributed by atoms with Gasteiger partial charge in [0.2, 0.25) is 0 Å². The van der Waals surface area contributed by atoms with Crippen molar-refractivity contribution >= 4 is 17.9 Å². The summed E-state index contributed by atoms with van der Waals surface area (Å²) in [5, 5.41) is 0. The summed E-state index contributed by atoms with van der Waals surface area (Å²) in [6.45, 7) is 6.34. The lowest BCUT2D eigenvalue weighted by Crippen LogP contribution is -2.30.